The average molecular weight is 520 g/mol. The summed E-state index contributed by atoms with van der Waals surface area (Å²) in [4.78, 5) is 24.4. The highest BCUT2D eigenvalue weighted by Gasteiger charge is 2.37. The van der Waals surface area contributed by atoms with E-state index in [9.17, 15) is 4.79 Å². The third kappa shape index (κ3) is 4.86. The number of likely N-dealkylation sites (tertiary alicyclic amines) is 1. The van der Waals surface area contributed by atoms with Gasteiger partial charge in [0.2, 0.25) is 11.8 Å². The minimum absolute atomic E-state index is 0.0510. The number of ether oxygens (including phenoxy) is 2. The first-order valence-electron chi connectivity index (χ1n) is 13.1. The number of amides is 1. The van der Waals surface area contributed by atoms with Crippen LogP contribution in [0.5, 0.6) is 11.8 Å². The van der Waals surface area contributed by atoms with Crippen LogP contribution in [0.1, 0.15) is 85.8 Å². The average Bonchev–Trinajstić information content (AvgIpc) is 3.41. The fraction of sp³-hybridized carbons (Fsp3) is 0.500. The van der Waals surface area contributed by atoms with E-state index in [4.69, 9.17) is 14.5 Å². The largest absolute Gasteiger partial charge is 0.481 e. The van der Waals surface area contributed by atoms with Crippen molar-refractivity contribution in [3.8, 4) is 23.0 Å². The predicted molar refractivity (Wildman–Crippen MR) is 148 cm³/mol. The summed E-state index contributed by atoms with van der Waals surface area (Å²) in [5, 5.41) is 3.37. The molecule has 0 radical (unpaired) electrons. The zero-order chi connectivity index (χ0) is 26.4. The van der Waals surface area contributed by atoms with E-state index in [2.05, 4.69) is 56.3 Å². The fourth-order valence-electron chi connectivity index (χ4n) is 5.71. The molecule has 3 aromatic rings. The van der Waals surface area contributed by atoms with Gasteiger partial charge in [0.25, 0.3) is 5.91 Å². The van der Waals surface area contributed by atoms with E-state index >= 15 is 0 Å². The van der Waals surface area contributed by atoms with Gasteiger partial charge in [-0.05, 0) is 59.8 Å². The molecule has 1 saturated heterocycles. The van der Waals surface area contributed by atoms with E-state index in [1.807, 2.05) is 4.90 Å². The lowest BCUT2D eigenvalue weighted by atomic mass is 9.63. The molecule has 0 spiro atoms. The van der Waals surface area contributed by atoms with E-state index in [1.165, 1.54) is 41.6 Å². The van der Waals surface area contributed by atoms with Gasteiger partial charge in [0, 0.05) is 36.0 Å². The number of piperidine rings is 1. The third-order valence-corrected chi connectivity index (χ3v) is 9.28. The number of methoxy groups -OCH3 is 2. The summed E-state index contributed by atoms with van der Waals surface area (Å²) in [7, 11) is 3.07. The van der Waals surface area contributed by atoms with Gasteiger partial charge in [0.1, 0.15) is 5.56 Å². The summed E-state index contributed by atoms with van der Waals surface area (Å²) in [6.07, 6.45) is 4.22. The third-order valence-electron chi connectivity index (χ3n) is 8.27. The van der Waals surface area contributed by atoms with Gasteiger partial charge < -0.3 is 14.4 Å². The lowest BCUT2D eigenvalue weighted by Crippen LogP contribution is -2.38. The van der Waals surface area contributed by atoms with Crippen molar-refractivity contribution in [3.05, 3.63) is 57.4 Å². The molecule has 2 aromatic heterocycles. The summed E-state index contributed by atoms with van der Waals surface area (Å²) in [6, 6.07) is 10.4. The molecule has 196 valence electrons. The van der Waals surface area contributed by atoms with Crippen LogP contribution in [-0.4, -0.2) is 48.1 Å². The Kier molecular flexibility index (Phi) is 6.77. The van der Waals surface area contributed by atoms with Crippen LogP contribution in [0.25, 0.3) is 11.3 Å². The minimum Gasteiger partial charge on any atom is -0.481 e. The van der Waals surface area contributed by atoms with Crippen molar-refractivity contribution in [2.75, 3.05) is 27.3 Å². The van der Waals surface area contributed by atoms with Crippen molar-refractivity contribution in [2.24, 2.45) is 0 Å². The molecule has 0 atom stereocenters. The number of pyridine rings is 1. The maximum absolute atomic E-state index is 13.2. The second-order valence-electron chi connectivity index (χ2n) is 11.6. The molecule has 6 nitrogen and oxygen atoms in total. The Hall–Kier alpha value is -2.93. The standard InChI is InChI=1S/C30H37N3O3S/c1-29(2)13-14-30(3,4)23-17-20(7-9-22(23)29)24-18-37-27(31-24)19-11-15-33(16-12-19)28(34)21-8-10-25(35-5)32-26(21)36-6/h7-10,17-19H,11-16H2,1-6H3. The second-order valence-corrected chi connectivity index (χ2v) is 12.5. The first kappa shape index (κ1) is 25.7. The van der Waals surface area contributed by atoms with Gasteiger partial charge in [-0.2, -0.15) is 4.98 Å². The second kappa shape index (κ2) is 9.75. The van der Waals surface area contributed by atoms with Crippen LogP contribution < -0.4 is 9.47 Å². The highest BCUT2D eigenvalue weighted by Crippen LogP contribution is 2.47. The molecule has 7 heteroatoms. The van der Waals surface area contributed by atoms with Crippen molar-refractivity contribution >= 4 is 17.2 Å². The number of carbonyl (C=O) groups is 1. The molecule has 0 N–H and O–H groups in total. The molecule has 3 heterocycles. The number of carbonyl (C=O) groups excluding carboxylic acids is 1. The molecule has 37 heavy (non-hydrogen) atoms. The van der Waals surface area contributed by atoms with Gasteiger partial charge in [-0.3, -0.25) is 4.79 Å². The Morgan fingerprint density at radius 3 is 2.32 bits per heavy atom. The van der Waals surface area contributed by atoms with Crippen LogP contribution in [0.4, 0.5) is 0 Å². The molecular formula is C30H37N3O3S. The molecule has 1 aromatic carbocycles. The van der Waals surface area contributed by atoms with Crippen LogP contribution >= 0.6 is 11.3 Å². The van der Waals surface area contributed by atoms with Crippen molar-refractivity contribution in [1.82, 2.24) is 14.9 Å². The van der Waals surface area contributed by atoms with Gasteiger partial charge >= 0.3 is 0 Å². The topological polar surface area (TPSA) is 64.5 Å². The normalized spacial score (nSPS) is 18.8. The summed E-state index contributed by atoms with van der Waals surface area (Å²) >= 11 is 1.75. The Balaban J connectivity index is 1.29. The van der Waals surface area contributed by atoms with Crippen molar-refractivity contribution in [1.29, 1.82) is 0 Å². The quantitative estimate of drug-likeness (QED) is 0.380. The zero-order valence-corrected chi connectivity index (χ0v) is 23.6. The number of hydrogen-bond donors (Lipinski definition) is 0. The Labute approximate surface area is 224 Å². The van der Waals surface area contributed by atoms with Crippen LogP contribution in [-0.2, 0) is 10.8 Å². The van der Waals surface area contributed by atoms with E-state index in [1.54, 1.807) is 30.6 Å². The molecular weight excluding hydrogens is 482 g/mol. The number of hydrogen-bond acceptors (Lipinski definition) is 6. The van der Waals surface area contributed by atoms with Gasteiger partial charge in [-0.1, -0.05) is 39.8 Å². The molecule has 5 rings (SSSR count). The van der Waals surface area contributed by atoms with Crippen LogP contribution in [0.15, 0.2) is 35.7 Å². The number of nitrogens with zero attached hydrogens (tertiary/aromatic N) is 3. The number of rotatable bonds is 5. The van der Waals surface area contributed by atoms with Crippen LogP contribution in [0, 0.1) is 0 Å². The highest BCUT2D eigenvalue weighted by atomic mass is 32.1. The predicted octanol–water partition coefficient (Wildman–Crippen LogP) is 6.59. The Morgan fingerprint density at radius 1 is 0.946 bits per heavy atom. The van der Waals surface area contributed by atoms with Crippen molar-refractivity contribution < 1.29 is 14.3 Å². The maximum atomic E-state index is 13.2. The summed E-state index contributed by atoms with van der Waals surface area (Å²) < 4.78 is 10.5. The molecule has 2 aliphatic rings. The summed E-state index contributed by atoms with van der Waals surface area (Å²) in [6.45, 7) is 10.8. The summed E-state index contributed by atoms with van der Waals surface area (Å²) in [5.74, 6) is 1.04. The number of aromatic nitrogens is 2. The molecule has 0 saturated carbocycles. The molecule has 1 amide bonds. The number of thiazole rings is 1. The summed E-state index contributed by atoms with van der Waals surface area (Å²) in [5.41, 5.74) is 6.08. The van der Waals surface area contributed by atoms with E-state index in [-0.39, 0.29) is 16.7 Å². The maximum Gasteiger partial charge on any atom is 0.259 e. The van der Waals surface area contributed by atoms with Crippen molar-refractivity contribution in [2.45, 2.75) is 70.1 Å². The van der Waals surface area contributed by atoms with Crippen molar-refractivity contribution in [3.63, 3.8) is 0 Å². The smallest absolute Gasteiger partial charge is 0.259 e. The molecule has 1 aliphatic heterocycles. The van der Waals surface area contributed by atoms with Gasteiger partial charge in [-0.15, -0.1) is 11.3 Å². The zero-order valence-electron chi connectivity index (χ0n) is 22.8. The van der Waals surface area contributed by atoms with Gasteiger partial charge in [0.15, 0.2) is 0 Å². The van der Waals surface area contributed by atoms with Gasteiger partial charge in [0.05, 0.1) is 24.9 Å². The van der Waals surface area contributed by atoms with E-state index < -0.39 is 0 Å². The molecule has 0 unspecified atom stereocenters. The lowest BCUT2D eigenvalue weighted by Gasteiger charge is -2.42. The lowest BCUT2D eigenvalue weighted by molar-refractivity contribution is 0.0708. The number of benzene rings is 1. The van der Waals surface area contributed by atoms with Crippen LogP contribution in [0.3, 0.4) is 0 Å². The minimum atomic E-state index is -0.0510. The first-order chi connectivity index (χ1) is 17.6. The number of fused-ring (bicyclic) bond motifs is 1. The Bertz CT molecular complexity index is 1310. The fourth-order valence-corrected chi connectivity index (χ4v) is 6.71. The SMILES string of the molecule is COc1ccc(C(=O)N2CCC(c3nc(-c4ccc5c(c4)C(C)(C)CCC5(C)C)cs3)CC2)c(OC)n1. The Morgan fingerprint density at radius 2 is 1.65 bits per heavy atom. The van der Waals surface area contributed by atoms with Crippen LogP contribution in [0.2, 0.25) is 0 Å². The molecule has 1 aliphatic carbocycles. The van der Waals surface area contributed by atoms with Gasteiger partial charge in [-0.25, -0.2) is 4.98 Å². The molecule has 1 fully saturated rings. The molecule has 0 bridgehead atoms. The highest BCUT2D eigenvalue weighted by molar-refractivity contribution is 7.10. The first-order valence-corrected chi connectivity index (χ1v) is 14.0. The van der Waals surface area contributed by atoms with E-state index in [0.717, 1.165) is 18.5 Å². The monoisotopic (exact) mass is 519 g/mol. The van der Waals surface area contributed by atoms with E-state index in [0.29, 0.717) is 36.3 Å².